The van der Waals surface area contributed by atoms with E-state index in [0.29, 0.717) is 5.76 Å². The molecule has 0 bridgehead atoms. The summed E-state index contributed by atoms with van der Waals surface area (Å²) in [5.74, 6) is -1.59. The van der Waals surface area contributed by atoms with Crippen LogP contribution in [0.25, 0.3) is 0 Å². The lowest BCUT2D eigenvalue weighted by molar-refractivity contribution is -0.154. The molecule has 0 radical (unpaired) electrons. The molecule has 0 fully saturated rings. The first-order valence-corrected chi connectivity index (χ1v) is 8.69. The van der Waals surface area contributed by atoms with Gasteiger partial charge in [0, 0.05) is 0 Å². The largest absolute Gasteiger partial charge is 0.467 e. The molecular formula is C15H15FN2O7S. The summed E-state index contributed by atoms with van der Waals surface area (Å²) in [5, 5.41) is 2.45. The van der Waals surface area contributed by atoms with Crippen molar-refractivity contribution < 1.29 is 36.4 Å². The van der Waals surface area contributed by atoms with E-state index in [1.807, 2.05) is 0 Å². The third-order valence-corrected chi connectivity index (χ3v) is 4.12. The van der Waals surface area contributed by atoms with Crippen molar-refractivity contribution in [3.8, 4) is 0 Å². The van der Waals surface area contributed by atoms with Gasteiger partial charge in [0.2, 0.25) is 0 Å². The van der Waals surface area contributed by atoms with Crippen molar-refractivity contribution in [2.45, 2.75) is 11.4 Å². The number of ether oxygens (including phenoxy) is 1. The van der Waals surface area contributed by atoms with E-state index in [1.165, 1.54) is 6.26 Å². The number of furan rings is 1. The van der Waals surface area contributed by atoms with Gasteiger partial charge in [-0.15, -0.1) is 0 Å². The van der Waals surface area contributed by atoms with Gasteiger partial charge >= 0.3 is 5.97 Å². The average Bonchev–Trinajstić information content (AvgIpc) is 3.12. The number of hydrogen-bond acceptors (Lipinski definition) is 7. The number of hydrogen-bond donors (Lipinski definition) is 2. The van der Waals surface area contributed by atoms with Crippen LogP contribution in [0, 0.1) is 5.82 Å². The summed E-state index contributed by atoms with van der Waals surface area (Å²) >= 11 is 0. The summed E-state index contributed by atoms with van der Waals surface area (Å²) in [6, 6.07) is 7.30. The molecule has 0 spiro atoms. The highest BCUT2D eigenvalue weighted by atomic mass is 32.2. The van der Waals surface area contributed by atoms with Crippen molar-refractivity contribution in [2.24, 2.45) is 0 Å². The fourth-order valence-electron chi connectivity index (χ4n) is 1.67. The van der Waals surface area contributed by atoms with Crippen LogP contribution in [0.1, 0.15) is 5.76 Å². The smallest absolute Gasteiger partial charge is 0.334 e. The Kier molecular flexibility index (Phi) is 6.83. The molecular weight excluding hydrogens is 371 g/mol. The summed E-state index contributed by atoms with van der Waals surface area (Å²) in [6.07, 6.45) is 1.45. The first-order chi connectivity index (χ1) is 12.4. The second-order valence-electron chi connectivity index (χ2n) is 4.85. The molecule has 0 aliphatic rings. The average molecular weight is 386 g/mol. The Bertz CT molecular complexity index is 835. The zero-order valence-corrected chi connectivity index (χ0v) is 14.1. The summed E-state index contributed by atoms with van der Waals surface area (Å²) in [6.45, 7) is -1.18. The monoisotopic (exact) mass is 386 g/mol. The Morgan fingerprint density at radius 2 is 1.85 bits per heavy atom. The van der Waals surface area contributed by atoms with Gasteiger partial charge in [-0.1, -0.05) is 4.89 Å². The maximum Gasteiger partial charge on any atom is 0.334 e. The van der Waals surface area contributed by atoms with E-state index in [-0.39, 0.29) is 11.4 Å². The number of rotatable bonds is 9. The number of carbonyl (C=O) groups excluding carboxylic acids is 2. The normalized spacial score (nSPS) is 11.1. The van der Waals surface area contributed by atoms with E-state index >= 15 is 0 Å². The Labute approximate surface area is 148 Å². The molecule has 1 aromatic carbocycles. The molecule has 0 saturated heterocycles. The molecule has 1 aromatic heterocycles. The van der Waals surface area contributed by atoms with E-state index < -0.39 is 40.9 Å². The van der Waals surface area contributed by atoms with Crippen LogP contribution in [-0.2, 0) is 35.7 Å². The zero-order chi connectivity index (χ0) is 19.0. The van der Waals surface area contributed by atoms with Gasteiger partial charge in [-0.25, -0.2) is 17.6 Å². The number of halogens is 1. The summed E-state index contributed by atoms with van der Waals surface area (Å²) in [7, 11) is -4.07. The van der Waals surface area contributed by atoms with Crippen LogP contribution in [0.15, 0.2) is 52.0 Å². The van der Waals surface area contributed by atoms with Crippen LogP contribution in [0.4, 0.5) is 4.39 Å². The Morgan fingerprint density at radius 1 is 1.12 bits per heavy atom. The standard InChI is InChI=1S/C15H15FN2O7S/c16-11-3-5-13(6-4-11)26(21,22)18-25-10-15(20)24-9-14(19)17-8-12-2-1-7-23-12/h1-7,18H,8-10H2,(H,17,19). The second-order valence-corrected chi connectivity index (χ2v) is 6.49. The van der Waals surface area contributed by atoms with Crippen molar-refractivity contribution >= 4 is 21.9 Å². The molecule has 11 heteroatoms. The molecule has 2 aromatic rings. The van der Waals surface area contributed by atoms with E-state index in [4.69, 9.17) is 4.42 Å². The highest BCUT2D eigenvalue weighted by molar-refractivity contribution is 7.89. The molecule has 0 aliphatic carbocycles. The van der Waals surface area contributed by atoms with Gasteiger partial charge in [-0.2, -0.15) is 0 Å². The van der Waals surface area contributed by atoms with Gasteiger partial charge < -0.3 is 14.5 Å². The SMILES string of the molecule is O=C(COC(=O)CONS(=O)(=O)c1ccc(F)cc1)NCc1ccco1. The predicted molar refractivity (Wildman–Crippen MR) is 84.2 cm³/mol. The Balaban J connectivity index is 1.66. The lowest BCUT2D eigenvalue weighted by Gasteiger charge is -2.08. The first kappa shape index (κ1) is 19.6. The van der Waals surface area contributed by atoms with Gasteiger partial charge in [-0.3, -0.25) is 9.63 Å². The van der Waals surface area contributed by atoms with Crippen molar-refractivity contribution in [3.63, 3.8) is 0 Å². The third-order valence-electron chi connectivity index (χ3n) is 2.89. The molecule has 1 heterocycles. The number of esters is 1. The number of nitrogens with one attached hydrogen (secondary N) is 2. The first-order valence-electron chi connectivity index (χ1n) is 7.21. The minimum Gasteiger partial charge on any atom is -0.467 e. The molecule has 0 saturated carbocycles. The molecule has 0 atom stereocenters. The van der Waals surface area contributed by atoms with Gasteiger partial charge in [0.15, 0.2) is 13.2 Å². The number of benzene rings is 1. The molecule has 0 aliphatic heterocycles. The lowest BCUT2D eigenvalue weighted by atomic mass is 10.4. The van der Waals surface area contributed by atoms with E-state index in [0.717, 1.165) is 24.3 Å². The van der Waals surface area contributed by atoms with Crippen LogP contribution in [-0.4, -0.2) is 33.5 Å². The molecule has 26 heavy (non-hydrogen) atoms. The quantitative estimate of drug-likeness (QED) is 0.475. The van der Waals surface area contributed by atoms with Crippen LogP contribution < -0.4 is 10.2 Å². The number of amides is 1. The Morgan fingerprint density at radius 3 is 2.50 bits per heavy atom. The van der Waals surface area contributed by atoms with Crippen LogP contribution in [0.2, 0.25) is 0 Å². The van der Waals surface area contributed by atoms with Crippen LogP contribution in [0.5, 0.6) is 0 Å². The van der Waals surface area contributed by atoms with Crippen LogP contribution >= 0.6 is 0 Å². The van der Waals surface area contributed by atoms with Gasteiger partial charge in [0.1, 0.15) is 11.6 Å². The predicted octanol–water partition coefficient (Wildman–Crippen LogP) is 0.488. The van der Waals surface area contributed by atoms with Gasteiger partial charge in [0.05, 0.1) is 17.7 Å². The number of carbonyl (C=O) groups is 2. The number of sulfonamides is 1. The maximum absolute atomic E-state index is 12.8. The van der Waals surface area contributed by atoms with Gasteiger partial charge in [-0.05, 0) is 36.4 Å². The fourth-order valence-corrected chi connectivity index (χ4v) is 2.47. The van der Waals surface area contributed by atoms with Crippen molar-refractivity contribution in [2.75, 3.05) is 13.2 Å². The van der Waals surface area contributed by atoms with Gasteiger partial charge in [0.25, 0.3) is 15.9 Å². The minimum absolute atomic E-state index is 0.136. The molecule has 1 amide bonds. The molecule has 0 unspecified atom stereocenters. The summed E-state index contributed by atoms with van der Waals surface area (Å²) in [5.41, 5.74) is 0. The van der Waals surface area contributed by atoms with Crippen molar-refractivity contribution in [1.29, 1.82) is 0 Å². The summed E-state index contributed by atoms with van der Waals surface area (Å²) < 4.78 is 46.0. The Hall–Kier alpha value is -2.76. The molecule has 2 rings (SSSR count). The highest BCUT2D eigenvalue weighted by Gasteiger charge is 2.15. The van der Waals surface area contributed by atoms with Crippen molar-refractivity contribution in [3.05, 3.63) is 54.2 Å². The third kappa shape index (κ3) is 6.27. The lowest BCUT2D eigenvalue weighted by Crippen LogP contribution is -2.31. The van der Waals surface area contributed by atoms with E-state index in [1.54, 1.807) is 17.0 Å². The zero-order valence-electron chi connectivity index (χ0n) is 13.3. The fraction of sp³-hybridized carbons (Fsp3) is 0.200. The topological polar surface area (TPSA) is 124 Å². The second kappa shape index (κ2) is 9.08. The van der Waals surface area contributed by atoms with Crippen LogP contribution in [0.3, 0.4) is 0 Å². The minimum atomic E-state index is -4.07. The molecule has 9 nitrogen and oxygen atoms in total. The van der Waals surface area contributed by atoms with E-state index in [2.05, 4.69) is 14.9 Å². The maximum atomic E-state index is 12.8. The van der Waals surface area contributed by atoms with Crippen molar-refractivity contribution in [1.82, 2.24) is 10.2 Å². The van der Waals surface area contributed by atoms with E-state index in [9.17, 15) is 22.4 Å². The molecule has 140 valence electrons. The summed E-state index contributed by atoms with van der Waals surface area (Å²) in [4.78, 5) is 28.9. The molecule has 2 N–H and O–H groups in total. The highest BCUT2D eigenvalue weighted by Crippen LogP contribution is 2.09.